The van der Waals surface area contributed by atoms with Crippen molar-refractivity contribution in [2.24, 2.45) is 0 Å². The van der Waals surface area contributed by atoms with E-state index in [0.29, 0.717) is 11.6 Å². The van der Waals surface area contributed by atoms with E-state index in [-0.39, 0.29) is 30.1 Å². The topological polar surface area (TPSA) is 87.5 Å². The van der Waals surface area contributed by atoms with Gasteiger partial charge in [-0.05, 0) is 40.5 Å². The largest absolute Gasteiger partial charge is 0.360 e. The predicted molar refractivity (Wildman–Crippen MR) is 77.9 cm³/mol. The van der Waals surface area contributed by atoms with Crippen molar-refractivity contribution in [3.63, 3.8) is 0 Å². The Labute approximate surface area is 124 Å². The molecule has 0 atom stereocenters. The summed E-state index contributed by atoms with van der Waals surface area (Å²) >= 11 is 0. The van der Waals surface area contributed by atoms with Crippen molar-refractivity contribution in [2.75, 3.05) is 11.9 Å². The van der Waals surface area contributed by atoms with Crippen molar-refractivity contribution >= 4 is 17.8 Å². The Bertz CT molecular complexity index is 529. The number of nitrogens with zero attached hydrogens (tertiary/aromatic N) is 2. The van der Waals surface area contributed by atoms with E-state index in [0.717, 1.165) is 12.8 Å². The minimum absolute atomic E-state index is 0.0124. The van der Waals surface area contributed by atoms with Crippen LogP contribution in [0.25, 0.3) is 0 Å². The van der Waals surface area contributed by atoms with E-state index in [1.165, 1.54) is 0 Å². The Kier molecular flexibility index (Phi) is 4.20. The van der Waals surface area contributed by atoms with Gasteiger partial charge in [-0.2, -0.15) is 0 Å². The van der Waals surface area contributed by atoms with Gasteiger partial charge in [-0.25, -0.2) is 4.79 Å². The Morgan fingerprint density at radius 2 is 2.10 bits per heavy atom. The van der Waals surface area contributed by atoms with Crippen LogP contribution in [0.5, 0.6) is 0 Å². The monoisotopic (exact) mass is 294 g/mol. The van der Waals surface area contributed by atoms with Crippen LogP contribution in [0.2, 0.25) is 0 Å². The summed E-state index contributed by atoms with van der Waals surface area (Å²) in [4.78, 5) is 25.8. The number of hydrogen-bond acceptors (Lipinski definition) is 4. The van der Waals surface area contributed by atoms with Crippen molar-refractivity contribution < 1.29 is 14.1 Å². The van der Waals surface area contributed by atoms with Gasteiger partial charge in [0.25, 0.3) is 0 Å². The second-order valence-corrected chi connectivity index (χ2v) is 6.41. The molecule has 21 heavy (non-hydrogen) atoms. The zero-order valence-electron chi connectivity index (χ0n) is 12.9. The van der Waals surface area contributed by atoms with E-state index in [1.54, 1.807) is 17.9 Å². The summed E-state index contributed by atoms with van der Waals surface area (Å²) in [6.45, 7) is 7.49. The highest BCUT2D eigenvalue weighted by molar-refractivity contribution is 5.93. The third-order valence-corrected chi connectivity index (χ3v) is 2.94. The lowest BCUT2D eigenvalue weighted by Gasteiger charge is -2.28. The van der Waals surface area contributed by atoms with Crippen LogP contribution < -0.4 is 10.6 Å². The minimum atomic E-state index is -0.329. The fourth-order valence-electron chi connectivity index (χ4n) is 1.91. The first kappa shape index (κ1) is 15.3. The van der Waals surface area contributed by atoms with Gasteiger partial charge in [-0.3, -0.25) is 4.79 Å². The standard InChI is InChI=1S/C14H22N4O3/c1-9-7-11(17-21-9)15-12(19)8-18(10-5-6-10)13(20)16-14(2,3)4/h7,10H,5-6,8H2,1-4H3,(H,16,20)(H,15,17,19). The highest BCUT2D eigenvalue weighted by atomic mass is 16.5. The van der Waals surface area contributed by atoms with Crippen LogP contribution in [0.4, 0.5) is 10.6 Å². The number of aryl methyl sites for hydroxylation is 1. The quantitative estimate of drug-likeness (QED) is 0.887. The molecule has 0 aromatic carbocycles. The third-order valence-electron chi connectivity index (χ3n) is 2.94. The molecule has 3 amide bonds. The normalized spacial score (nSPS) is 14.7. The van der Waals surface area contributed by atoms with Crippen molar-refractivity contribution in [1.29, 1.82) is 0 Å². The maximum absolute atomic E-state index is 12.2. The van der Waals surface area contributed by atoms with Crippen molar-refractivity contribution in [2.45, 2.75) is 52.1 Å². The molecule has 0 unspecified atom stereocenters. The van der Waals surface area contributed by atoms with Gasteiger partial charge in [0.1, 0.15) is 12.3 Å². The molecule has 1 fully saturated rings. The lowest BCUT2D eigenvalue weighted by molar-refractivity contribution is -0.117. The van der Waals surface area contributed by atoms with Gasteiger partial charge in [-0.15, -0.1) is 0 Å². The number of carbonyl (C=O) groups excluding carboxylic acids is 2. The van der Waals surface area contributed by atoms with Gasteiger partial charge in [0.05, 0.1) is 0 Å². The molecule has 0 saturated heterocycles. The molecule has 0 aliphatic heterocycles. The molecule has 116 valence electrons. The molecule has 1 saturated carbocycles. The SMILES string of the molecule is Cc1cc(NC(=O)CN(C(=O)NC(C)(C)C)C2CC2)no1. The molecule has 0 bridgehead atoms. The molecule has 7 nitrogen and oxygen atoms in total. The van der Waals surface area contributed by atoms with Crippen molar-refractivity contribution in [1.82, 2.24) is 15.4 Å². The molecule has 2 N–H and O–H groups in total. The van der Waals surface area contributed by atoms with Crippen LogP contribution in [-0.2, 0) is 4.79 Å². The summed E-state index contributed by atoms with van der Waals surface area (Å²) in [5.74, 6) is 0.707. The highest BCUT2D eigenvalue weighted by Gasteiger charge is 2.35. The number of nitrogens with one attached hydrogen (secondary N) is 2. The second kappa shape index (κ2) is 5.75. The molecular formula is C14H22N4O3. The van der Waals surface area contributed by atoms with E-state index in [1.807, 2.05) is 20.8 Å². The average Bonchev–Trinajstić information content (AvgIpc) is 3.08. The van der Waals surface area contributed by atoms with Gasteiger partial charge in [0, 0.05) is 17.6 Å². The Hall–Kier alpha value is -2.05. The Morgan fingerprint density at radius 3 is 2.57 bits per heavy atom. The van der Waals surface area contributed by atoms with Crippen LogP contribution in [0, 0.1) is 6.92 Å². The molecule has 1 aliphatic rings. The van der Waals surface area contributed by atoms with Gasteiger partial charge >= 0.3 is 6.03 Å². The maximum atomic E-state index is 12.2. The summed E-state index contributed by atoms with van der Waals surface area (Å²) in [7, 11) is 0. The summed E-state index contributed by atoms with van der Waals surface area (Å²) in [6, 6.07) is 1.57. The van der Waals surface area contributed by atoms with Crippen LogP contribution in [0.15, 0.2) is 10.6 Å². The fraction of sp³-hybridized carbons (Fsp3) is 0.643. The number of rotatable bonds is 4. The van der Waals surface area contributed by atoms with E-state index in [2.05, 4.69) is 15.8 Å². The number of hydrogen-bond donors (Lipinski definition) is 2. The van der Waals surface area contributed by atoms with Gasteiger partial charge < -0.3 is 20.1 Å². The Morgan fingerprint density at radius 1 is 1.43 bits per heavy atom. The van der Waals surface area contributed by atoms with Crippen LogP contribution in [0.3, 0.4) is 0 Å². The number of amides is 3. The summed E-state index contributed by atoms with van der Waals surface area (Å²) < 4.78 is 4.89. The van der Waals surface area contributed by atoms with Crippen LogP contribution >= 0.6 is 0 Å². The van der Waals surface area contributed by atoms with E-state index >= 15 is 0 Å². The van der Waals surface area contributed by atoms with Crippen molar-refractivity contribution in [3.05, 3.63) is 11.8 Å². The minimum Gasteiger partial charge on any atom is -0.360 e. The van der Waals surface area contributed by atoms with E-state index in [9.17, 15) is 9.59 Å². The number of carbonyl (C=O) groups is 2. The lowest BCUT2D eigenvalue weighted by Crippen LogP contribution is -2.51. The average molecular weight is 294 g/mol. The van der Waals surface area contributed by atoms with E-state index < -0.39 is 0 Å². The molecule has 1 aliphatic carbocycles. The zero-order chi connectivity index (χ0) is 15.6. The van der Waals surface area contributed by atoms with Crippen molar-refractivity contribution in [3.8, 4) is 0 Å². The molecular weight excluding hydrogens is 272 g/mol. The predicted octanol–water partition coefficient (Wildman–Crippen LogP) is 1.89. The first-order chi connectivity index (χ1) is 9.74. The summed E-state index contributed by atoms with van der Waals surface area (Å²) in [5.41, 5.74) is -0.329. The van der Waals surface area contributed by atoms with Gasteiger partial charge in [0.2, 0.25) is 5.91 Å². The maximum Gasteiger partial charge on any atom is 0.318 e. The van der Waals surface area contributed by atoms with Gasteiger partial charge in [-0.1, -0.05) is 5.16 Å². The van der Waals surface area contributed by atoms with E-state index in [4.69, 9.17) is 4.52 Å². The molecule has 2 rings (SSSR count). The number of anilines is 1. The number of urea groups is 1. The van der Waals surface area contributed by atoms with Crippen LogP contribution in [-0.4, -0.2) is 40.1 Å². The smallest absolute Gasteiger partial charge is 0.318 e. The molecule has 1 aromatic heterocycles. The molecule has 1 aromatic rings. The fourth-order valence-corrected chi connectivity index (χ4v) is 1.91. The summed E-state index contributed by atoms with van der Waals surface area (Å²) in [5, 5.41) is 9.22. The molecule has 1 heterocycles. The lowest BCUT2D eigenvalue weighted by atomic mass is 10.1. The highest BCUT2D eigenvalue weighted by Crippen LogP contribution is 2.27. The summed E-state index contributed by atoms with van der Waals surface area (Å²) in [6.07, 6.45) is 1.88. The first-order valence-electron chi connectivity index (χ1n) is 7.06. The molecule has 0 spiro atoms. The Balaban J connectivity index is 1.93. The first-order valence-corrected chi connectivity index (χ1v) is 7.06. The second-order valence-electron chi connectivity index (χ2n) is 6.41. The third kappa shape index (κ3) is 4.77. The molecule has 7 heteroatoms. The molecule has 0 radical (unpaired) electrons. The zero-order valence-corrected chi connectivity index (χ0v) is 12.9. The number of aromatic nitrogens is 1. The van der Waals surface area contributed by atoms with Gasteiger partial charge in [0.15, 0.2) is 5.82 Å². The van der Waals surface area contributed by atoms with Crippen LogP contribution in [0.1, 0.15) is 39.4 Å².